The quantitative estimate of drug-likeness (QED) is 0.753. The Balaban J connectivity index is 2.59. The maximum absolute atomic E-state index is 13.1. The van der Waals surface area contributed by atoms with Crippen molar-refractivity contribution in [1.82, 2.24) is 4.57 Å². The first-order valence-corrected chi connectivity index (χ1v) is 8.48. The van der Waals surface area contributed by atoms with Crippen LogP contribution in [0, 0.1) is 5.92 Å². The van der Waals surface area contributed by atoms with Gasteiger partial charge in [0.1, 0.15) is 11.4 Å². The summed E-state index contributed by atoms with van der Waals surface area (Å²) in [5.41, 5.74) is 0.916. The fraction of sp³-hybridized carbons (Fsp3) is 0.238. The Morgan fingerprint density at radius 2 is 1.81 bits per heavy atom. The Morgan fingerprint density at radius 1 is 1.12 bits per heavy atom. The summed E-state index contributed by atoms with van der Waals surface area (Å²) in [6.45, 7) is 4.24. The number of fused-ring (bicyclic) bond motifs is 1. The summed E-state index contributed by atoms with van der Waals surface area (Å²) in [6.07, 6.45) is 0. The number of benzene rings is 2. The largest absolute Gasteiger partial charge is 0.496 e. The first-order valence-electron chi connectivity index (χ1n) is 8.48. The van der Waals surface area contributed by atoms with E-state index in [9.17, 15) is 14.7 Å². The van der Waals surface area contributed by atoms with Crippen molar-refractivity contribution < 1.29 is 14.6 Å². The number of carboxylic acids is 1. The number of methoxy groups -OCH3 is 1. The summed E-state index contributed by atoms with van der Waals surface area (Å²) >= 11 is 0. The number of ether oxygens (including phenoxy) is 1. The molecule has 0 atom stereocenters. The molecule has 0 saturated heterocycles. The lowest BCUT2D eigenvalue weighted by atomic mass is 9.95. The van der Waals surface area contributed by atoms with Crippen LogP contribution in [0.4, 0.5) is 0 Å². The highest BCUT2D eigenvalue weighted by Crippen LogP contribution is 2.36. The van der Waals surface area contributed by atoms with Crippen molar-refractivity contribution in [1.29, 1.82) is 0 Å². The van der Waals surface area contributed by atoms with E-state index in [1.165, 1.54) is 11.7 Å². The monoisotopic (exact) mass is 351 g/mol. The molecule has 2 aromatic carbocycles. The summed E-state index contributed by atoms with van der Waals surface area (Å²) in [4.78, 5) is 25.3. The molecule has 0 aliphatic rings. The van der Waals surface area contributed by atoms with Crippen LogP contribution in [0.15, 0.2) is 53.3 Å². The zero-order valence-electron chi connectivity index (χ0n) is 15.0. The molecule has 0 amide bonds. The molecule has 0 unspecified atom stereocenters. The molecule has 1 N–H and O–H groups in total. The van der Waals surface area contributed by atoms with Gasteiger partial charge in [-0.15, -0.1) is 0 Å². The van der Waals surface area contributed by atoms with E-state index in [-0.39, 0.29) is 17.2 Å². The molecule has 134 valence electrons. The van der Waals surface area contributed by atoms with Crippen LogP contribution >= 0.6 is 0 Å². The fourth-order valence-electron chi connectivity index (χ4n) is 3.29. The molecule has 3 aromatic rings. The van der Waals surface area contributed by atoms with Gasteiger partial charge in [0.05, 0.1) is 12.5 Å². The normalized spacial score (nSPS) is 11.1. The zero-order chi connectivity index (χ0) is 18.8. The number of pyridine rings is 1. The van der Waals surface area contributed by atoms with Crippen LogP contribution in [0.5, 0.6) is 5.75 Å². The molecular weight excluding hydrogens is 330 g/mol. The minimum Gasteiger partial charge on any atom is -0.496 e. The minimum atomic E-state index is -1.13. The summed E-state index contributed by atoms with van der Waals surface area (Å²) in [6, 6.07) is 14.5. The molecule has 5 nitrogen and oxygen atoms in total. The van der Waals surface area contributed by atoms with Crippen LogP contribution in [0.2, 0.25) is 0 Å². The highest BCUT2D eigenvalue weighted by molar-refractivity contribution is 6.08. The van der Waals surface area contributed by atoms with Gasteiger partial charge >= 0.3 is 5.97 Å². The maximum atomic E-state index is 13.1. The zero-order valence-corrected chi connectivity index (χ0v) is 15.0. The molecule has 1 aromatic heterocycles. The van der Waals surface area contributed by atoms with Gasteiger partial charge in [-0.1, -0.05) is 50.2 Å². The molecule has 0 saturated carbocycles. The van der Waals surface area contributed by atoms with Crippen molar-refractivity contribution in [3.63, 3.8) is 0 Å². The lowest BCUT2D eigenvalue weighted by Crippen LogP contribution is -2.29. The third-order valence-electron chi connectivity index (χ3n) is 4.29. The highest BCUT2D eigenvalue weighted by atomic mass is 16.5. The van der Waals surface area contributed by atoms with Gasteiger partial charge in [-0.3, -0.25) is 4.79 Å². The second-order valence-electron chi connectivity index (χ2n) is 6.59. The summed E-state index contributed by atoms with van der Waals surface area (Å²) in [5.74, 6) is -0.524. The molecule has 0 spiro atoms. The van der Waals surface area contributed by atoms with Crippen molar-refractivity contribution in [2.75, 3.05) is 7.11 Å². The predicted octanol–water partition coefficient (Wildman–Crippen LogP) is 4.03. The van der Waals surface area contributed by atoms with E-state index in [1.807, 2.05) is 44.2 Å². The molecule has 0 fully saturated rings. The van der Waals surface area contributed by atoms with Gasteiger partial charge in [-0.05, 0) is 23.6 Å². The number of hydrogen-bond donors (Lipinski definition) is 1. The lowest BCUT2D eigenvalue weighted by Gasteiger charge is -2.20. The van der Waals surface area contributed by atoms with E-state index in [4.69, 9.17) is 4.74 Å². The number of carbonyl (C=O) groups is 1. The van der Waals surface area contributed by atoms with Gasteiger partial charge in [0.2, 0.25) is 0 Å². The Bertz CT molecular complexity index is 1020. The van der Waals surface area contributed by atoms with E-state index < -0.39 is 5.97 Å². The third kappa shape index (κ3) is 2.96. The number of aromatic nitrogens is 1. The highest BCUT2D eigenvalue weighted by Gasteiger charge is 2.25. The van der Waals surface area contributed by atoms with Crippen LogP contribution < -0.4 is 10.3 Å². The molecular formula is C21H21NO4. The summed E-state index contributed by atoms with van der Waals surface area (Å²) in [5, 5.41) is 11.0. The van der Waals surface area contributed by atoms with Gasteiger partial charge in [0.25, 0.3) is 5.56 Å². The van der Waals surface area contributed by atoms with Crippen molar-refractivity contribution in [3.05, 3.63) is 64.6 Å². The first kappa shape index (κ1) is 17.7. The second-order valence-corrected chi connectivity index (χ2v) is 6.59. The number of carboxylic acid groups (broad SMARTS) is 1. The van der Waals surface area contributed by atoms with E-state index in [0.29, 0.717) is 28.6 Å². The summed E-state index contributed by atoms with van der Waals surface area (Å²) < 4.78 is 6.83. The molecule has 0 aliphatic carbocycles. The number of hydrogen-bond acceptors (Lipinski definition) is 3. The Kier molecular flexibility index (Phi) is 4.80. The van der Waals surface area contributed by atoms with Crippen LogP contribution in [0.1, 0.15) is 24.3 Å². The third-order valence-corrected chi connectivity index (χ3v) is 4.29. The van der Waals surface area contributed by atoms with Crippen LogP contribution in [-0.2, 0) is 6.54 Å². The first-order chi connectivity index (χ1) is 12.5. The number of nitrogens with zero attached hydrogens (tertiary/aromatic N) is 1. The predicted molar refractivity (Wildman–Crippen MR) is 102 cm³/mol. The molecule has 1 heterocycles. The average Bonchev–Trinajstić information content (AvgIpc) is 2.63. The van der Waals surface area contributed by atoms with Crippen molar-refractivity contribution >= 4 is 16.7 Å². The van der Waals surface area contributed by atoms with Gasteiger partial charge in [-0.2, -0.15) is 0 Å². The van der Waals surface area contributed by atoms with E-state index in [2.05, 4.69) is 0 Å². The lowest BCUT2D eigenvalue weighted by molar-refractivity contribution is 0.0684. The molecule has 5 heteroatoms. The summed E-state index contributed by atoms with van der Waals surface area (Å²) in [7, 11) is 1.52. The fourth-order valence-corrected chi connectivity index (χ4v) is 3.29. The Morgan fingerprint density at radius 3 is 2.38 bits per heavy atom. The molecule has 0 radical (unpaired) electrons. The van der Waals surface area contributed by atoms with Crippen LogP contribution in [0.3, 0.4) is 0 Å². The van der Waals surface area contributed by atoms with Crippen LogP contribution in [-0.4, -0.2) is 22.8 Å². The standard InChI is InChI=1S/C21H21NO4/c1-13(2)12-22-19(21(24)25)17(14-8-5-4-6-9-14)18-15(20(22)23)10-7-11-16(18)26-3/h4-11,13H,12H2,1-3H3,(H,24,25). The van der Waals surface area contributed by atoms with Gasteiger partial charge in [0, 0.05) is 17.5 Å². The molecule has 0 aliphatic heterocycles. The Labute approximate surface area is 151 Å². The van der Waals surface area contributed by atoms with Gasteiger partial charge in [-0.25, -0.2) is 4.79 Å². The van der Waals surface area contributed by atoms with Gasteiger partial charge < -0.3 is 14.4 Å². The van der Waals surface area contributed by atoms with E-state index in [1.54, 1.807) is 18.2 Å². The van der Waals surface area contributed by atoms with Crippen molar-refractivity contribution in [2.24, 2.45) is 5.92 Å². The van der Waals surface area contributed by atoms with E-state index >= 15 is 0 Å². The smallest absolute Gasteiger partial charge is 0.353 e. The van der Waals surface area contributed by atoms with Crippen molar-refractivity contribution in [2.45, 2.75) is 20.4 Å². The molecule has 0 bridgehead atoms. The molecule has 26 heavy (non-hydrogen) atoms. The topological polar surface area (TPSA) is 68.5 Å². The van der Waals surface area contributed by atoms with Crippen molar-refractivity contribution in [3.8, 4) is 16.9 Å². The van der Waals surface area contributed by atoms with Crippen LogP contribution in [0.25, 0.3) is 21.9 Å². The number of aromatic carboxylic acids is 1. The molecule has 3 rings (SSSR count). The SMILES string of the molecule is COc1cccc2c(=O)n(CC(C)C)c(C(=O)O)c(-c3ccccc3)c12. The average molecular weight is 351 g/mol. The van der Waals surface area contributed by atoms with Gasteiger partial charge in [0.15, 0.2) is 0 Å². The minimum absolute atomic E-state index is 0.00750. The maximum Gasteiger partial charge on any atom is 0.353 e. The number of rotatable bonds is 5. The second kappa shape index (κ2) is 7.04. The van der Waals surface area contributed by atoms with E-state index in [0.717, 1.165) is 5.56 Å². The Hall–Kier alpha value is -3.08.